The van der Waals surface area contributed by atoms with Crippen molar-refractivity contribution in [3.05, 3.63) is 0 Å². The number of urea groups is 1. The third-order valence-corrected chi connectivity index (χ3v) is 4.88. The van der Waals surface area contributed by atoms with Crippen molar-refractivity contribution in [2.45, 2.75) is 37.5 Å². The number of halogens is 1. The minimum absolute atomic E-state index is 0.00669. The molecule has 2 N–H and O–H groups in total. The number of nitrogens with one attached hydrogen (secondary N) is 2. The van der Waals surface area contributed by atoms with E-state index < -0.39 is 0 Å². The van der Waals surface area contributed by atoms with Crippen molar-refractivity contribution in [3.63, 3.8) is 0 Å². The number of amides is 2. The van der Waals surface area contributed by atoms with Gasteiger partial charge >= 0.3 is 6.03 Å². The minimum atomic E-state index is -0.181. The molecule has 3 unspecified atom stereocenters. The predicted octanol–water partition coefficient (Wildman–Crippen LogP) is 1.04. The van der Waals surface area contributed by atoms with Crippen molar-refractivity contribution in [2.75, 3.05) is 66.1 Å². The minimum Gasteiger partial charge on any atom is -0.377 e. The van der Waals surface area contributed by atoms with E-state index in [9.17, 15) is 4.79 Å². The summed E-state index contributed by atoms with van der Waals surface area (Å²) in [6, 6.07) is -0.107. The van der Waals surface area contributed by atoms with Crippen molar-refractivity contribution in [2.24, 2.45) is 0 Å². The first kappa shape index (κ1) is 23.0. The Morgan fingerprint density at radius 2 is 1.19 bits per heavy atom. The number of ether oxygens (including phenoxy) is 6. The van der Waals surface area contributed by atoms with Gasteiger partial charge in [0.1, 0.15) is 0 Å². The summed E-state index contributed by atoms with van der Waals surface area (Å²) in [6.45, 7) is 5.25. The number of hydrogen-bond donors (Lipinski definition) is 2. The zero-order valence-electron chi connectivity index (χ0n) is 15.7. The molecule has 2 aliphatic rings. The second kappa shape index (κ2) is 14.7. The van der Waals surface area contributed by atoms with Crippen LogP contribution in [0.4, 0.5) is 4.79 Å². The maximum absolute atomic E-state index is 11.6. The van der Waals surface area contributed by atoms with Crippen LogP contribution in [0.1, 0.15) is 19.3 Å². The van der Waals surface area contributed by atoms with E-state index in [1.807, 2.05) is 22.9 Å². The maximum atomic E-state index is 11.6. The summed E-state index contributed by atoms with van der Waals surface area (Å²) in [5.41, 5.74) is 0. The molecule has 2 rings (SSSR count). The highest BCUT2D eigenvalue weighted by atomic mass is 127. The van der Waals surface area contributed by atoms with Gasteiger partial charge in [-0.1, -0.05) is 0 Å². The first-order chi connectivity index (χ1) is 13.3. The molecule has 2 amide bonds. The predicted molar refractivity (Wildman–Crippen MR) is 106 cm³/mol. The van der Waals surface area contributed by atoms with Crippen LogP contribution in [0.2, 0.25) is 0 Å². The monoisotopic (exact) mass is 502 g/mol. The average molecular weight is 502 g/mol. The molecular formula is C17H31IN2O7. The fourth-order valence-electron chi connectivity index (χ4n) is 3.09. The van der Waals surface area contributed by atoms with Gasteiger partial charge in [0.25, 0.3) is 0 Å². The summed E-state index contributed by atoms with van der Waals surface area (Å²) in [5, 5.41) is 2.95. The number of hydrogen-bond acceptors (Lipinski definition) is 7. The SMILES string of the molecule is O=C(NI)NC1CCC2OCCOCCOCCOCCOCCOC2C1. The molecule has 3 atom stereocenters. The molecule has 2 fully saturated rings. The fraction of sp³-hybridized carbons (Fsp3) is 0.941. The summed E-state index contributed by atoms with van der Waals surface area (Å²) >= 11 is 1.83. The van der Waals surface area contributed by atoms with E-state index in [4.69, 9.17) is 28.4 Å². The van der Waals surface area contributed by atoms with Gasteiger partial charge in [0.05, 0.1) is 101 Å². The van der Waals surface area contributed by atoms with Gasteiger partial charge in [0.15, 0.2) is 0 Å². The highest BCUT2D eigenvalue weighted by Crippen LogP contribution is 2.24. The van der Waals surface area contributed by atoms with E-state index >= 15 is 0 Å². The van der Waals surface area contributed by atoms with Crippen molar-refractivity contribution >= 4 is 28.9 Å². The number of carbonyl (C=O) groups excluding carboxylic acids is 1. The average Bonchev–Trinajstić information content (AvgIpc) is 2.68. The lowest BCUT2D eigenvalue weighted by atomic mass is 9.90. The molecule has 27 heavy (non-hydrogen) atoms. The highest BCUT2D eigenvalue weighted by molar-refractivity contribution is 14.1. The summed E-state index contributed by atoms with van der Waals surface area (Å²) in [6.07, 6.45) is 2.31. The maximum Gasteiger partial charge on any atom is 0.323 e. The van der Waals surface area contributed by atoms with Gasteiger partial charge in [-0.3, -0.25) is 3.53 Å². The lowest BCUT2D eigenvalue weighted by Crippen LogP contribution is -2.48. The van der Waals surface area contributed by atoms with Gasteiger partial charge in [-0.15, -0.1) is 0 Å². The van der Waals surface area contributed by atoms with E-state index in [-0.39, 0.29) is 24.3 Å². The third kappa shape index (κ3) is 10.2. The van der Waals surface area contributed by atoms with Crippen LogP contribution >= 0.6 is 22.9 Å². The number of rotatable bonds is 1. The lowest BCUT2D eigenvalue weighted by Gasteiger charge is -2.36. The Morgan fingerprint density at radius 1 is 0.704 bits per heavy atom. The molecule has 0 radical (unpaired) electrons. The first-order valence-electron chi connectivity index (χ1n) is 9.51. The van der Waals surface area contributed by atoms with Crippen molar-refractivity contribution in [1.29, 1.82) is 0 Å². The second-order valence-electron chi connectivity index (χ2n) is 6.35. The zero-order valence-corrected chi connectivity index (χ0v) is 17.8. The van der Waals surface area contributed by atoms with Gasteiger partial charge in [0, 0.05) is 6.04 Å². The number of carbonyl (C=O) groups is 1. The van der Waals surface area contributed by atoms with E-state index in [0.29, 0.717) is 72.5 Å². The molecule has 0 aromatic heterocycles. The molecule has 0 aromatic rings. The van der Waals surface area contributed by atoms with Gasteiger partial charge in [0.2, 0.25) is 0 Å². The molecule has 9 nitrogen and oxygen atoms in total. The Kier molecular flexibility index (Phi) is 12.6. The first-order valence-corrected chi connectivity index (χ1v) is 10.6. The van der Waals surface area contributed by atoms with E-state index in [1.54, 1.807) is 0 Å². The highest BCUT2D eigenvalue weighted by Gasteiger charge is 2.32. The van der Waals surface area contributed by atoms with E-state index in [0.717, 1.165) is 12.8 Å². The Labute approximate surface area is 174 Å². The normalized spacial score (nSPS) is 30.3. The Morgan fingerprint density at radius 3 is 1.70 bits per heavy atom. The van der Waals surface area contributed by atoms with Crippen molar-refractivity contribution < 1.29 is 33.2 Å². The van der Waals surface area contributed by atoms with Crippen LogP contribution in [0.3, 0.4) is 0 Å². The molecule has 0 spiro atoms. The van der Waals surface area contributed by atoms with Crippen LogP contribution in [0, 0.1) is 0 Å². The van der Waals surface area contributed by atoms with Gasteiger partial charge in [-0.2, -0.15) is 0 Å². The zero-order chi connectivity index (χ0) is 19.2. The second-order valence-corrected chi connectivity index (χ2v) is 6.89. The molecule has 1 aliphatic carbocycles. The van der Waals surface area contributed by atoms with Crippen LogP contribution in [-0.2, 0) is 28.4 Å². The summed E-state index contributed by atoms with van der Waals surface area (Å²) < 4.78 is 36.5. The largest absolute Gasteiger partial charge is 0.377 e. The lowest BCUT2D eigenvalue weighted by molar-refractivity contribution is -0.116. The van der Waals surface area contributed by atoms with Crippen LogP contribution in [0.25, 0.3) is 0 Å². The van der Waals surface area contributed by atoms with Crippen molar-refractivity contribution in [1.82, 2.24) is 8.85 Å². The Hall–Kier alpha value is -0.240. The molecule has 1 saturated carbocycles. The van der Waals surface area contributed by atoms with Crippen LogP contribution < -0.4 is 8.85 Å². The van der Waals surface area contributed by atoms with Crippen LogP contribution in [0.15, 0.2) is 0 Å². The van der Waals surface area contributed by atoms with Crippen LogP contribution in [0.5, 0.6) is 0 Å². The third-order valence-electron chi connectivity index (χ3n) is 4.39. The molecule has 1 heterocycles. The molecule has 10 heteroatoms. The standard InChI is InChI=1S/C17H31IN2O7/c18-20-17(21)19-14-1-2-15-16(13-14)27-12-10-25-8-6-23-4-3-22-5-7-24-9-11-26-15/h14-16H,1-13H2,(H2,19,20,21). The van der Waals surface area contributed by atoms with Gasteiger partial charge < -0.3 is 33.7 Å². The quantitative estimate of drug-likeness (QED) is 0.409. The molecule has 1 saturated heterocycles. The molecular weight excluding hydrogens is 471 g/mol. The van der Waals surface area contributed by atoms with Gasteiger partial charge in [-0.05, 0) is 19.3 Å². The van der Waals surface area contributed by atoms with Crippen LogP contribution in [-0.4, -0.2) is 90.3 Å². The molecule has 0 bridgehead atoms. The fourth-order valence-corrected chi connectivity index (χ4v) is 3.25. The topological polar surface area (TPSA) is 96.5 Å². The summed E-state index contributed by atoms with van der Waals surface area (Å²) in [5.74, 6) is 0. The molecule has 0 aromatic carbocycles. The van der Waals surface area contributed by atoms with E-state index in [1.165, 1.54) is 0 Å². The molecule has 158 valence electrons. The molecule has 1 aliphatic heterocycles. The summed E-state index contributed by atoms with van der Waals surface area (Å²) in [7, 11) is 0. The van der Waals surface area contributed by atoms with E-state index in [2.05, 4.69) is 8.85 Å². The van der Waals surface area contributed by atoms with Gasteiger partial charge in [-0.25, -0.2) is 4.79 Å². The smallest absolute Gasteiger partial charge is 0.323 e. The Balaban J connectivity index is 1.79. The van der Waals surface area contributed by atoms with Crippen molar-refractivity contribution in [3.8, 4) is 0 Å². The summed E-state index contributed by atoms with van der Waals surface area (Å²) in [4.78, 5) is 11.6. The Bertz CT molecular complexity index is 405. The number of fused-ring (bicyclic) bond motifs is 1.